The zero-order chi connectivity index (χ0) is 17.3. The van der Waals surface area contributed by atoms with Crippen molar-refractivity contribution in [2.24, 2.45) is 0 Å². The Hall–Kier alpha value is -2.68. The third-order valence-electron chi connectivity index (χ3n) is 3.91. The summed E-state index contributed by atoms with van der Waals surface area (Å²) < 4.78 is 33.9. The number of hydrogen-bond acceptors (Lipinski definition) is 6. The molecule has 1 N–H and O–H groups in total. The molecule has 7 nitrogen and oxygen atoms in total. The van der Waals surface area contributed by atoms with E-state index in [1.54, 1.807) is 13.8 Å². The molecule has 2 atom stereocenters. The molecule has 0 aliphatic rings. The van der Waals surface area contributed by atoms with Crippen LogP contribution in [0.15, 0.2) is 35.4 Å². The van der Waals surface area contributed by atoms with Gasteiger partial charge in [0.15, 0.2) is 5.82 Å². The molecule has 0 saturated carbocycles. The fourth-order valence-electron chi connectivity index (χ4n) is 2.56. The molecule has 9 heteroatoms. The lowest BCUT2D eigenvalue weighted by Gasteiger charge is -2.33. The predicted molar refractivity (Wildman–Crippen MR) is 77.7 cm³/mol. The van der Waals surface area contributed by atoms with Gasteiger partial charge < -0.3 is 9.63 Å². The topological polar surface area (TPSA) is 89.9 Å². The largest absolute Gasteiger partial charge is 0.382 e. The Labute approximate surface area is 136 Å². The number of nitrogens with zero attached hydrogens (tertiary/aromatic N) is 5. The summed E-state index contributed by atoms with van der Waals surface area (Å²) in [7, 11) is 0. The van der Waals surface area contributed by atoms with E-state index in [0.717, 1.165) is 12.1 Å². The highest BCUT2D eigenvalue weighted by atomic mass is 19.1. The van der Waals surface area contributed by atoms with Crippen LogP contribution in [0, 0.1) is 18.6 Å². The van der Waals surface area contributed by atoms with Crippen LogP contribution in [-0.2, 0) is 12.1 Å². The molecule has 0 spiro atoms. The molecule has 0 saturated heterocycles. The molecule has 2 unspecified atom stereocenters. The van der Waals surface area contributed by atoms with E-state index in [4.69, 9.17) is 4.52 Å². The maximum atomic E-state index is 14.3. The lowest BCUT2D eigenvalue weighted by Crippen LogP contribution is -2.38. The molecule has 0 amide bonds. The molecule has 0 aliphatic heterocycles. The zero-order valence-electron chi connectivity index (χ0n) is 13.0. The van der Waals surface area contributed by atoms with E-state index < -0.39 is 23.2 Å². The van der Waals surface area contributed by atoms with Crippen LogP contribution in [0.4, 0.5) is 8.78 Å². The number of aryl methyl sites for hydroxylation is 1. The summed E-state index contributed by atoms with van der Waals surface area (Å²) in [6.45, 7) is 3.12. The maximum absolute atomic E-state index is 14.3. The molecule has 0 bridgehead atoms. The van der Waals surface area contributed by atoms with E-state index in [1.807, 2.05) is 0 Å². The minimum absolute atomic E-state index is 0.0886. The van der Waals surface area contributed by atoms with E-state index in [-0.39, 0.29) is 17.9 Å². The van der Waals surface area contributed by atoms with Gasteiger partial charge in [0.1, 0.15) is 29.9 Å². The Balaban J connectivity index is 2.09. The minimum atomic E-state index is -1.79. The van der Waals surface area contributed by atoms with Gasteiger partial charge in [0, 0.05) is 18.6 Å². The van der Waals surface area contributed by atoms with Crippen LogP contribution in [0.2, 0.25) is 0 Å². The molecular formula is C15H15F2N5O2. The molecule has 3 rings (SSSR count). The van der Waals surface area contributed by atoms with Gasteiger partial charge in [0.05, 0.1) is 12.5 Å². The third-order valence-corrected chi connectivity index (χ3v) is 3.91. The number of benzene rings is 1. The molecule has 0 fully saturated rings. The summed E-state index contributed by atoms with van der Waals surface area (Å²) in [6, 6.07) is 3.00. The summed E-state index contributed by atoms with van der Waals surface area (Å²) in [6.07, 6.45) is 2.69. The van der Waals surface area contributed by atoms with E-state index in [1.165, 1.54) is 23.4 Å². The number of halogens is 2. The monoisotopic (exact) mass is 335 g/mol. The molecule has 1 aromatic carbocycles. The first-order valence-electron chi connectivity index (χ1n) is 7.20. The first kappa shape index (κ1) is 16.2. The Morgan fingerprint density at radius 2 is 2.17 bits per heavy atom. The van der Waals surface area contributed by atoms with Crippen LogP contribution in [-0.4, -0.2) is 30.0 Å². The van der Waals surface area contributed by atoms with Gasteiger partial charge in [-0.15, -0.1) is 0 Å². The highest BCUT2D eigenvalue weighted by molar-refractivity contribution is 5.28. The standard InChI is InChI=1S/C15H15F2N5O2/c1-9(14-20-10(2)24-21-14)15(23,6-22-8-18-7-19-22)12-4-3-11(16)5-13(12)17/h3-5,7-9,23H,6H2,1-2H3. The highest BCUT2D eigenvalue weighted by Crippen LogP contribution is 2.38. The summed E-state index contributed by atoms with van der Waals surface area (Å²) >= 11 is 0. The minimum Gasteiger partial charge on any atom is -0.382 e. The lowest BCUT2D eigenvalue weighted by molar-refractivity contribution is -0.0140. The molecular weight excluding hydrogens is 320 g/mol. The predicted octanol–water partition coefficient (Wildman–Crippen LogP) is 1.94. The van der Waals surface area contributed by atoms with E-state index in [2.05, 4.69) is 20.2 Å². The Bertz CT molecular complexity index is 836. The van der Waals surface area contributed by atoms with E-state index in [0.29, 0.717) is 5.89 Å². The van der Waals surface area contributed by atoms with Crippen LogP contribution in [0.5, 0.6) is 0 Å². The van der Waals surface area contributed by atoms with Gasteiger partial charge in [-0.05, 0) is 6.07 Å². The van der Waals surface area contributed by atoms with Crippen molar-refractivity contribution in [1.82, 2.24) is 24.9 Å². The molecule has 2 aromatic heterocycles. The van der Waals surface area contributed by atoms with Crippen molar-refractivity contribution >= 4 is 0 Å². The van der Waals surface area contributed by atoms with Crippen LogP contribution >= 0.6 is 0 Å². The van der Waals surface area contributed by atoms with Crippen LogP contribution in [0.3, 0.4) is 0 Å². The van der Waals surface area contributed by atoms with Gasteiger partial charge in [-0.1, -0.05) is 18.1 Å². The average Bonchev–Trinajstić information content (AvgIpc) is 3.17. The van der Waals surface area contributed by atoms with Crippen molar-refractivity contribution in [3.8, 4) is 0 Å². The van der Waals surface area contributed by atoms with E-state index in [9.17, 15) is 13.9 Å². The second-order valence-electron chi connectivity index (χ2n) is 5.53. The quantitative estimate of drug-likeness (QED) is 0.766. The van der Waals surface area contributed by atoms with Crippen molar-refractivity contribution in [3.05, 3.63) is 59.8 Å². The lowest BCUT2D eigenvalue weighted by atomic mass is 9.81. The average molecular weight is 335 g/mol. The fraction of sp³-hybridized carbons (Fsp3) is 0.333. The van der Waals surface area contributed by atoms with Gasteiger partial charge in [0.25, 0.3) is 0 Å². The van der Waals surface area contributed by atoms with Gasteiger partial charge >= 0.3 is 0 Å². The summed E-state index contributed by atoms with van der Waals surface area (Å²) in [5.41, 5.74) is -1.88. The van der Waals surface area contributed by atoms with Crippen LogP contribution < -0.4 is 0 Å². The maximum Gasteiger partial charge on any atom is 0.223 e. The first-order valence-corrected chi connectivity index (χ1v) is 7.20. The fourth-order valence-corrected chi connectivity index (χ4v) is 2.56. The summed E-state index contributed by atoms with van der Waals surface area (Å²) in [5, 5.41) is 19.0. The van der Waals surface area contributed by atoms with Crippen molar-refractivity contribution < 1.29 is 18.4 Å². The van der Waals surface area contributed by atoms with Crippen molar-refractivity contribution in [1.29, 1.82) is 0 Å². The summed E-state index contributed by atoms with van der Waals surface area (Å²) in [5.74, 6) is -1.83. The van der Waals surface area contributed by atoms with Gasteiger partial charge in [0.2, 0.25) is 5.89 Å². The Kier molecular flexibility index (Phi) is 4.10. The van der Waals surface area contributed by atoms with Gasteiger partial charge in [-0.3, -0.25) is 0 Å². The number of aromatic nitrogens is 5. The Morgan fingerprint density at radius 1 is 1.38 bits per heavy atom. The van der Waals surface area contributed by atoms with Crippen molar-refractivity contribution in [2.45, 2.75) is 31.9 Å². The van der Waals surface area contributed by atoms with Crippen LogP contribution in [0.1, 0.15) is 30.1 Å². The first-order chi connectivity index (χ1) is 11.4. The van der Waals surface area contributed by atoms with Crippen molar-refractivity contribution in [3.63, 3.8) is 0 Å². The van der Waals surface area contributed by atoms with Crippen LogP contribution in [0.25, 0.3) is 0 Å². The second-order valence-corrected chi connectivity index (χ2v) is 5.53. The third kappa shape index (κ3) is 2.90. The molecule has 24 heavy (non-hydrogen) atoms. The van der Waals surface area contributed by atoms with Gasteiger partial charge in [-0.2, -0.15) is 10.1 Å². The molecule has 0 radical (unpaired) electrons. The smallest absolute Gasteiger partial charge is 0.223 e. The second kappa shape index (κ2) is 6.08. The zero-order valence-corrected chi connectivity index (χ0v) is 13.0. The SMILES string of the molecule is Cc1nc(C(C)C(O)(Cn2cncn2)c2ccc(F)cc2F)no1. The van der Waals surface area contributed by atoms with Crippen molar-refractivity contribution in [2.75, 3.05) is 0 Å². The van der Waals surface area contributed by atoms with E-state index >= 15 is 0 Å². The molecule has 2 heterocycles. The molecule has 126 valence electrons. The summed E-state index contributed by atoms with van der Waals surface area (Å²) in [4.78, 5) is 7.91. The number of hydrogen-bond donors (Lipinski definition) is 1. The highest BCUT2D eigenvalue weighted by Gasteiger charge is 2.42. The Morgan fingerprint density at radius 3 is 2.75 bits per heavy atom. The normalized spacial score (nSPS) is 15.2. The van der Waals surface area contributed by atoms with Gasteiger partial charge in [-0.25, -0.2) is 18.4 Å². The molecule has 3 aromatic rings. The number of rotatable bonds is 5. The number of aliphatic hydroxyl groups is 1. The molecule has 0 aliphatic carbocycles.